The summed E-state index contributed by atoms with van der Waals surface area (Å²) < 4.78 is 0. The molecule has 0 radical (unpaired) electrons. The number of guanidine groups is 1. The van der Waals surface area contributed by atoms with Crippen LogP contribution in [0.2, 0.25) is 0 Å². The van der Waals surface area contributed by atoms with Gasteiger partial charge in [-0.3, -0.25) is 9.78 Å². The molecule has 0 saturated carbocycles. The van der Waals surface area contributed by atoms with Gasteiger partial charge in [-0.05, 0) is 26.0 Å². The molecule has 0 aromatic carbocycles. The van der Waals surface area contributed by atoms with Crippen LogP contribution in [0.5, 0.6) is 0 Å². The number of carbonyl (C=O) groups is 1. The van der Waals surface area contributed by atoms with Gasteiger partial charge in [0.15, 0.2) is 5.96 Å². The molecule has 6 nitrogen and oxygen atoms in total. The lowest BCUT2D eigenvalue weighted by molar-refractivity contribution is -0.127. The molecular formula is C14H24IN5O. The highest BCUT2D eigenvalue weighted by Crippen LogP contribution is 1.99. The second-order valence-corrected chi connectivity index (χ2v) is 4.61. The van der Waals surface area contributed by atoms with Crippen LogP contribution in [0.15, 0.2) is 23.2 Å². The van der Waals surface area contributed by atoms with Crippen LogP contribution in [0.1, 0.15) is 18.3 Å². The van der Waals surface area contributed by atoms with Gasteiger partial charge >= 0.3 is 0 Å². The number of likely N-dealkylation sites (N-methyl/N-ethyl adjacent to an activating group) is 1. The van der Waals surface area contributed by atoms with E-state index in [4.69, 9.17) is 0 Å². The molecule has 0 saturated heterocycles. The second-order valence-electron chi connectivity index (χ2n) is 4.61. The number of aromatic nitrogens is 1. The number of nitrogens with one attached hydrogen (secondary N) is 2. The minimum atomic E-state index is 0. The van der Waals surface area contributed by atoms with Crippen LogP contribution in [-0.4, -0.2) is 48.9 Å². The van der Waals surface area contributed by atoms with Crippen molar-refractivity contribution in [2.75, 3.05) is 27.2 Å². The lowest BCUT2D eigenvalue weighted by Crippen LogP contribution is -2.42. The molecule has 1 aromatic heterocycles. The number of halogens is 1. The molecule has 1 amide bonds. The van der Waals surface area contributed by atoms with E-state index < -0.39 is 0 Å². The molecule has 1 aromatic rings. The van der Waals surface area contributed by atoms with Crippen molar-refractivity contribution in [1.82, 2.24) is 20.5 Å². The first kappa shape index (κ1) is 19.6. The third kappa shape index (κ3) is 7.84. The summed E-state index contributed by atoms with van der Waals surface area (Å²) >= 11 is 0. The maximum Gasteiger partial charge on any atom is 0.241 e. The average Bonchev–Trinajstić information content (AvgIpc) is 2.41. The molecule has 0 aliphatic rings. The van der Waals surface area contributed by atoms with Gasteiger partial charge in [-0.25, -0.2) is 4.99 Å². The van der Waals surface area contributed by atoms with E-state index in [0.29, 0.717) is 12.5 Å². The number of hydrogen-bond acceptors (Lipinski definition) is 3. The Bertz CT molecular complexity index is 476. The zero-order valence-corrected chi connectivity index (χ0v) is 15.3. The Balaban J connectivity index is 0.00000400. The third-order valence-corrected chi connectivity index (χ3v) is 2.60. The minimum absolute atomic E-state index is 0. The van der Waals surface area contributed by atoms with Gasteiger partial charge in [-0.1, -0.05) is 6.07 Å². The first-order valence-corrected chi connectivity index (χ1v) is 6.67. The van der Waals surface area contributed by atoms with Crippen molar-refractivity contribution in [3.63, 3.8) is 0 Å². The summed E-state index contributed by atoms with van der Waals surface area (Å²) in [5.41, 5.74) is 1.87. The maximum absolute atomic E-state index is 11.5. The Labute approximate surface area is 143 Å². The zero-order valence-electron chi connectivity index (χ0n) is 13.0. The number of aryl methyl sites for hydroxylation is 1. The second kappa shape index (κ2) is 10.4. The Hall–Kier alpha value is -1.38. The molecule has 118 valence electrons. The summed E-state index contributed by atoms with van der Waals surface area (Å²) in [6, 6.07) is 5.85. The van der Waals surface area contributed by atoms with E-state index >= 15 is 0 Å². The van der Waals surface area contributed by atoms with Crippen LogP contribution >= 0.6 is 24.0 Å². The lowest BCUT2D eigenvalue weighted by Gasteiger charge is -2.14. The third-order valence-electron chi connectivity index (χ3n) is 2.60. The van der Waals surface area contributed by atoms with Crippen molar-refractivity contribution >= 4 is 35.8 Å². The van der Waals surface area contributed by atoms with E-state index in [2.05, 4.69) is 20.6 Å². The Morgan fingerprint density at radius 2 is 2.05 bits per heavy atom. The molecule has 0 aliphatic heterocycles. The van der Waals surface area contributed by atoms with Crippen molar-refractivity contribution in [3.8, 4) is 0 Å². The van der Waals surface area contributed by atoms with E-state index in [-0.39, 0.29) is 36.4 Å². The van der Waals surface area contributed by atoms with Crippen LogP contribution in [0.25, 0.3) is 0 Å². The Morgan fingerprint density at radius 1 is 1.33 bits per heavy atom. The molecule has 0 atom stereocenters. The average molecular weight is 405 g/mol. The molecular weight excluding hydrogens is 381 g/mol. The lowest BCUT2D eigenvalue weighted by atomic mass is 10.3. The Morgan fingerprint density at radius 3 is 2.62 bits per heavy atom. The van der Waals surface area contributed by atoms with Gasteiger partial charge < -0.3 is 15.5 Å². The van der Waals surface area contributed by atoms with Crippen molar-refractivity contribution in [2.24, 2.45) is 4.99 Å². The zero-order chi connectivity index (χ0) is 15.0. The van der Waals surface area contributed by atoms with Gasteiger partial charge in [0.1, 0.15) is 0 Å². The molecule has 2 N–H and O–H groups in total. The van der Waals surface area contributed by atoms with Gasteiger partial charge in [-0.15, -0.1) is 24.0 Å². The standard InChI is InChI=1S/C14H23N5O.HI/c1-5-15-14(17-10-13(20)19(3)4)16-9-12-8-6-7-11(2)18-12;/h6-8H,5,9-10H2,1-4H3,(H2,15,16,17);1H. The van der Waals surface area contributed by atoms with Gasteiger partial charge in [0.25, 0.3) is 0 Å². The fourth-order valence-corrected chi connectivity index (χ4v) is 1.51. The number of hydrogen-bond donors (Lipinski definition) is 2. The topological polar surface area (TPSA) is 69.6 Å². The van der Waals surface area contributed by atoms with Crippen molar-refractivity contribution < 1.29 is 4.79 Å². The number of carbonyl (C=O) groups excluding carboxylic acids is 1. The molecule has 21 heavy (non-hydrogen) atoms. The fourth-order valence-electron chi connectivity index (χ4n) is 1.51. The maximum atomic E-state index is 11.5. The summed E-state index contributed by atoms with van der Waals surface area (Å²) in [6.07, 6.45) is 0. The normalized spacial score (nSPS) is 10.6. The number of nitrogens with zero attached hydrogens (tertiary/aromatic N) is 3. The largest absolute Gasteiger partial charge is 0.357 e. The highest BCUT2D eigenvalue weighted by Gasteiger charge is 2.05. The van der Waals surface area contributed by atoms with E-state index in [1.807, 2.05) is 32.0 Å². The molecule has 0 fully saturated rings. The minimum Gasteiger partial charge on any atom is -0.357 e. The first-order chi connectivity index (χ1) is 9.52. The summed E-state index contributed by atoms with van der Waals surface area (Å²) in [7, 11) is 3.45. The van der Waals surface area contributed by atoms with Crippen LogP contribution in [-0.2, 0) is 11.3 Å². The van der Waals surface area contributed by atoms with Gasteiger partial charge in [0.2, 0.25) is 5.91 Å². The van der Waals surface area contributed by atoms with E-state index in [1.54, 1.807) is 19.0 Å². The predicted octanol–water partition coefficient (Wildman–Crippen LogP) is 1.15. The quantitative estimate of drug-likeness (QED) is 0.438. The summed E-state index contributed by atoms with van der Waals surface area (Å²) in [5, 5.41) is 6.11. The Kier molecular flexibility index (Phi) is 9.68. The number of aliphatic imine (C=N–C) groups is 1. The van der Waals surface area contributed by atoms with Crippen molar-refractivity contribution in [2.45, 2.75) is 20.4 Å². The summed E-state index contributed by atoms with van der Waals surface area (Å²) in [5.74, 6) is 0.621. The van der Waals surface area contributed by atoms with Gasteiger partial charge in [0.05, 0.1) is 18.8 Å². The molecule has 1 heterocycles. The number of rotatable bonds is 5. The summed E-state index contributed by atoms with van der Waals surface area (Å²) in [6.45, 7) is 5.37. The monoisotopic (exact) mass is 405 g/mol. The van der Waals surface area contributed by atoms with Crippen LogP contribution in [0, 0.1) is 6.92 Å². The number of pyridine rings is 1. The van der Waals surface area contributed by atoms with Crippen molar-refractivity contribution in [1.29, 1.82) is 0 Å². The number of amides is 1. The molecule has 1 rings (SSSR count). The van der Waals surface area contributed by atoms with Crippen LogP contribution < -0.4 is 10.6 Å². The van der Waals surface area contributed by atoms with Crippen LogP contribution in [0.4, 0.5) is 0 Å². The molecule has 0 bridgehead atoms. The van der Waals surface area contributed by atoms with Crippen LogP contribution in [0.3, 0.4) is 0 Å². The first-order valence-electron chi connectivity index (χ1n) is 6.67. The van der Waals surface area contributed by atoms with Gasteiger partial charge in [0, 0.05) is 26.3 Å². The highest BCUT2D eigenvalue weighted by molar-refractivity contribution is 14.0. The molecule has 7 heteroatoms. The summed E-state index contributed by atoms with van der Waals surface area (Å²) in [4.78, 5) is 21.9. The molecule has 0 aliphatic carbocycles. The molecule has 0 unspecified atom stereocenters. The van der Waals surface area contributed by atoms with E-state index in [1.165, 1.54) is 0 Å². The predicted molar refractivity (Wildman–Crippen MR) is 95.9 cm³/mol. The smallest absolute Gasteiger partial charge is 0.241 e. The SMILES string of the molecule is CCNC(=NCc1cccc(C)n1)NCC(=O)N(C)C.I. The molecule has 0 spiro atoms. The van der Waals surface area contributed by atoms with E-state index in [9.17, 15) is 4.79 Å². The van der Waals surface area contributed by atoms with E-state index in [0.717, 1.165) is 17.9 Å². The fraction of sp³-hybridized carbons (Fsp3) is 0.500. The van der Waals surface area contributed by atoms with Crippen molar-refractivity contribution in [3.05, 3.63) is 29.6 Å². The van der Waals surface area contributed by atoms with Gasteiger partial charge in [-0.2, -0.15) is 0 Å². The highest BCUT2D eigenvalue weighted by atomic mass is 127.